The number of furan rings is 1. The standard InChI is InChI=1S/C12H9Cl2NO4/c1-5(16)15-12-10(18)9(17)11(19-12)7-4-6(13)2-3-8(7)14/h2-4,17-18H,1H3,(H,15,16). The molecule has 0 aliphatic heterocycles. The predicted molar refractivity (Wildman–Crippen MR) is 71.8 cm³/mol. The molecule has 5 nitrogen and oxygen atoms in total. The third-order valence-electron chi connectivity index (χ3n) is 2.32. The van der Waals surface area contributed by atoms with Crippen molar-refractivity contribution in [1.29, 1.82) is 0 Å². The van der Waals surface area contributed by atoms with Crippen molar-refractivity contribution in [3.05, 3.63) is 28.2 Å². The Morgan fingerprint density at radius 2 is 1.95 bits per heavy atom. The van der Waals surface area contributed by atoms with Gasteiger partial charge in [-0.2, -0.15) is 0 Å². The number of anilines is 1. The first-order chi connectivity index (χ1) is 8.90. The van der Waals surface area contributed by atoms with Crippen LogP contribution in [0.3, 0.4) is 0 Å². The summed E-state index contributed by atoms with van der Waals surface area (Å²) < 4.78 is 5.20. The van der Waals surface area contributed by atoms with E-state index in [1.54, 1.807) is 6.07 Å². The summed E-state index contributed by atoms with van der Waals surface area (Å²) in [7, 11) is 0. The van der Waals surface area contributed by atoms with Gasteiger partial charge in [-0.25, -0.2) is 0 Å². The van der Waals surface area contributed by atoms with E-state index in [4.69, 9.17) is 27.6 Å². The quantitative estimate of drug-likeness (QED) is 0.791. The Kier molecular flexibility index (Phi) is 3.59. The van der Waals surface area contributed by atoms with Crippen LogP contribution in [0, 0.1) is 0 Å². The Hall–Kier alpha value is -1.85. The fourth-order valence-corrected chi connectivity index (χ4v) is 1.89. The van der Waals surface area contributed by atoms with Crippen LogP contribution in [0.1, 0.15) is 6.92 Å². The van der Waals surface area contributed by atoms with Crippen molar-refractivity contribution >= 4 is 35.0 Å². The first-order valence-electron chi connectivity index (χ1n) is 5.18. The number of benzene rings is 1. The lowest BCUT2D eigenvalue weighted by atomic mass is 10.1. The molecule has 0 atom stereocenters. The average molecular weight is 302 g/mol. The fourth-order valence-electron chi connectivity index (χ4n) is 1.51. The molecule has 2 rings (SSSR count). The Balaban J connectivity index is 2.57. The summed E-state index contributed by atoms with van der Waals surface area (Å²) in [6.45, 7) is 1.24. The summed E-state index contributed by atoms with van der Waals surface area (Å²) >= 11 is 11.8. The number of amides is 1. The predicted octanol–water partition coefficient (Wildman–Crippen LogP) is 3.62. The second kappa shape index (κ2) is 5.03. The summed E-state index contributed by atoms with van der Waals surface area (Å²) in [6, 6.07) is 4.57. The molecule has 1 heterocycles. The minimum absolute atomic E-state index is 0.0752. The van der Waals surface area contributed by atoms with Gasteiger partial charge in [-0.3, -0.25) is 10.1 Å². The molecule has 0 aliphatic rings. The van der Waals surface area contributed by atoms with E-state index < -0.39 is 17.4 Å². The summed E-state index contributed by atoms with van der Waals surface area (Å²) in [6.07, 6.45) is 0. The summed E-state index contributed by atoms with van der Waals surface area (Å²) in [5.41, 5.74) is 0.304. The van der Waals surface area contributed by atoms with Crippen molar-refractivity contribution in [2.24, 2.45) is 0 Å². The fraction of sp³-hybridized carbons (Fsp3) is 0.0833. The van der Waals surface area contributed by atoms with Crippen LogP contribution in [0.2, 0.25) is 10.0 Å². The van der Waals surface area contributed by atoms with Crippen LogP contribution in [0.15, 0.2) is 22.6 Å². The molecule has 1 aromatic heterocycles. The summed E-state index contributed by atoms with van der Waals surface area (Å²) in [5, 5.41) is 22.4. The molecule has 0 bridgehead atoms. The van der Waals surface area contributed by atoms with E-state index in [0.29, 0.717) is 10.6 Å². The van der Waals surface area contributed by atoms with Crippen molar-refractivity contribution in [3.8, 4) is 22.8 Å². The minimum atomic E-state index is -0.568. The van der Waals surface area contributed by atoms with Crippen molar-refractivity contribution in [1.82, 2.24) is 0 Å². The lowest BCUT2D eigenvalue weighted by molar-refractivity contribution is -0.114. The minimum Gasteiger partial charge on any atom is -0.502 e. The van der Waals surface area contributed by atoms with Crippen LogP contribution >= 0.6 is 23.2 Å². The molecule has 100 valence electrons. The number of aromatic hydroxyl groups is 2. The van der Waals surface area contributed by atoms with Gasteiger partial charge < -0.3 is 14.6 Å². The summed E-state index contributed by atoms with van der Waals surface area (Å²) in [5.74, 6) is -1.87. The number of rotatable bonds is 2. The second-order valence-electron chi connectivity index (χ2n) is 3.76. The number of nitrogens with one attached hydrogen (secondary N) is 1. The van der Waals surface area contributed by atoms with Gasteiger partial charge >= 0.3 is 0 Å². The maximum atomic E-state index is 10.9. The van der Waals surface area contributed by atoms with Gasteiger partial charge in [0.05, 0.1) is 5.02 Å². The van der Waals surface area contributed by atoms with Crippen molar-refractivity contribution in [2.75, 3.05) is 5.32 Å². The third-order valence-corrected chi connectivity index (χ3v) is 2.89. The monoisotopic (exact) mass is 301 g/mol. The van der Waals surface area contributed by atoms with Crippen LogP contribution < -0.4 is 5.32 Å². The largest absolute Gasteiger partial charge is 0.502 e. The smallest absolute Gasteiger partial charge is 0.246 e. The van der Waals surface area contributed by atoms with Gasteiger partial charge in [-0.15, -0.1) is 0 Å². The molecule has 0 saturated heterocycles. The number of hydrogen-bond donors (Lipinski definition) is 3. The topological polar surface area (TPSA) is 82.7 Å². The van der Waals surface area contributed by atoms with E-state index in [-0.39, 0.29) is 16.7 Å². The SMILES string of the molecule is CC(=O)Nc1oc(-c2cc(Cl)ccc2Cl)c(O)c1O. The van der Waals surface area contributed by atoms with Crippen LogP contribution in [0.25, 0.3) is 11.3 Å². The van der Waals surface area contributed by atoms with Gasteiger partial charge in [0.25, 0.3) is 0 Å². The number of halogens is 2. The van der Waals surface area contributed by atoms with Gasteiger partial charge in [0.1, 0.15) is 0 Å². The summed E-state index contributed by atoms with van der Waals surface area (Å²) in [4.78, 5) is 10.9. The zero-order valence-electron chi connectivity index (χ0n) is 9.70. The number of carbonyl (C=O) groups excluding carboxylic acids is 1. The Labute approximate surface area is 118 Å². The molecular formula is C12H9Cl2NO4. The molecule has 0 aliphatic carbocycles. The van der Waals surface area contributed by atoms with Gasteiger partial charge in [0.2, 0.25) is 23.3 Å². The van der Waals surface area contributed by atoms with Crippen LogP contribution in [-0.2, 0) is 4.79 Å². The van der Waals surface area contributed by atoms with Crippen LogP contribution in [0.4, 0.5) is 5.88 Å². The van der Waals surface area contributed by atoms with E-state index in [0.717, 1.165) is 0 Å². The molecule has 0 fully saturated rings. The molecule has 3 N–H and O–H groups in total. The van der Waals surface area contributed by atoms with Gasteiger partial charge in [0.15, 0.2) is 5.76 Å². The number of hydrogen-bond acceptors (Lipinski definition) is 4. The van der Waals surface area contributed by atoms with E-state index in [1.807, 2.05) is 0 Å². The van der Waals surface area contributed by atoms with Crippen molar-refractivity contribution < 1.29 is 19.4 Å². The number of carbonyl (C=O) groups is 1. The average Bonchev–Trinajstić information content (AvgIpc) is 2.60. The van der Waals surface area contributed by atoms with E-state index in [2.05, 4.69) is 5.32 Å². The Bertz CT molecular complexity index is 651. The molecule has 0 radical (unpaired) electrons. The van der Waals surface area contributed by atoms with E-state index in [9.17, 15) is 15.0 Å². The zero-order chi connectivity index (χ0) is 14.2. The first-order valence-corrected chi connectivity index (χ1v) is 5.93. The molecule has 7 heteroatoms. The molecule has 0 unspecified atom stereocenters. The molecule has 19 heavy (non-hydrogen) atoms. The highest BCUT2D eigenvalue weighted by atomic mass is 35.5. The van der Waals surface area contributed by atoms with Crippen LogP contribution in [0.5, 0.6) is 11.5 Å². The lowest BCUT2D eigenvalue weighted by Gasteiger charge is -2.02. The highest BCUT2D eigenvalue weighted by Gasteiger charge is 2.23. The maximum Gasteiger partial charge on any atom is 0.246 e. The maximum absolute atomic E-state index is 10.9. The molecule has 1 amide bonds. The molecule has 1 aromatic carbocycles. The van der Waals surface area contributed by atoms with Gasteiger partial charge in [-0.1, -0.05) is 23.2 Å². The second-order valence-corrected chi connectivity index (χ2v) is 4.61. The van der Waals surface area contributed by atoms with Crippen molar-refractivity contribution in [3.63, 3.8) is 0 Å². The normalized spacial score (nSPS) is 10.5. The van der Waals surface area contributed by atoms with Crippen LogP contribution in [-0.4, -0.2) is 16.1 Å². The molecule has 0 saturated carbocycles. The zero-order valence-corrected chi connectivity index (χ0v) is 11.2. The first kappa shape index (κ1) is 13.6. The highest BCUT2D eigenvalue weighted by molar-refractivity contribution is 6.35. The molecule has 2 aromatic rings. The van der Waals surface area contributed by atoms with Gasteiger partial charge in [0, 0.05) is 17.5 Å². The van der Waals surface area contributed by atoms with E-state index in [1.165, 1.54) is 19.1 Å². The molecule has 0 spiro atoms. The third kappa shape index (κ3) is 2.62. The molecular weight excluding hydrogens is 293 g/mol. The lowest BCUT2D eigenvalue weighted by Crippen LogP contribution is -2.04. The van der Waals surface area contributed by atoms with Gasteiger partial charge in [-0.05, 0) is 18.2 Å². The highest BCUT2D eigenvalue weighted by Crippen LogP contribution is 2.47. The Morgan fingerprint density at radius 1 is 1.26 bits per heavy atom. The Morgan fingerprint density at radius 3 is 2.58 bits per heavy atom. The van der Waals surface area contributed by atoms with Crippen molar-refractivity contribution in [2.45, 2.75) is 6.92 Å². The van der Waals surface area contributed by atoms with E-state index >= 15 is 0 Å².